The fourth-order valence-electron chi connectivity index (χ4n) is 2.51. The van der Waals surface area contributed by atoms with E-state index >= 15 is 0 Å². The zero-order valence-electron chi connectivity index (χ0n) is 12.3. The molecule has 2 heterocycles. The Morgan fingerprint density at radius 2 is 2.09 bits per heavy atom. The molecular formula is C16H15F3N2OS. The second kappa shape index (κ2) is 5.90. The highest BCUT2D eigenvalue weighted by Gasteiger charge is 2.32. The molecule has 1 aromatic heterocycles. The van der Waals surface area contributed by atoms with Crippen LogP contribution in [0.15, 0.2) is 47.7 Å². The van der Waals surface area contributed by atoms with E-state index in [0.717, 1.165) is 22.6 Å². The fourth-order valence-corrected chi connectivity index (χ4v) is 3.51. The third-order valence-corrected chi connectivity index (χ3v) is 4.71. The van der Waals surface area contributed by atoms with Gasteiger partial charge in [0.05, 0.1) is 12.1 Å². The number of benzene rings is 1. The largest absolute Gasteiger partial charge is 0.416 e. The quantitative estimate of drug-likeness (QED) is 0.902. The van der Waals surface area contributed by atoms with E-state index in [9.17, 15) is 13.2 Å². The summed E-state index contributed by atoms with van der Waals surface area (Å²) in [7, 11) is 0. The molecule has 3 rings (SSSR count). The summed E-state index contributed by atoms with van der Waals surface area (Å²) in [6.45, 7) is 2.19. The van der Waals surface area contributed by atoms with Crippen LogP contribution in [0.25, 0.3) is 0 Å². The molecule has 3 nitrogen and oxygen atoms in total. The van der Waals surface area contributed by atoms with Crippen LogP contribution < -0.4 is 5.73 Å². The van der Waals surface area contributed by atoms with E-state index in [-0.39, 0.29) is 18.5 Å². The van der Waals surface area contributed by atoms with Crippen molar-refractivity contribution in [1.29, 1.82) is 0 Å². The van der Waals surface area contributed by atoms with Gasteiger partial charge in [-0.3, -0.25) is 0 Å². The molecule has 0 spiro atoms. The Morgan fingerprint density at radius 1 is 1.30 bits per heavy atom. The monoisotopic (exact) mass is 340 g/mol. The minimum Gasteiger partial charge on any atom is -0.387 e. The lowest BCUT2D eigenvalue weighted by Crippen LogP contribution is -2.23. The maximum Gasteiger partial charge on any atom is 0.416 e. The summed E-state index contributed by atoms with van der Waals surface area (Å²) in [5.74, 6) is 0.259. The minimum absolute atomic E-state index is 0.190. The van der Waals surface area contributed by atoms with Gasteiger partial charge in [0.15, 0.2) is 0 Å². The molecule has 122 valence electrons. The number of nitrogens with zero attached hydrogens (tertiary/aromatic N) is 1. The zero-order chi connectivity index (χ0) is 16.6. The summed E-state index contributed by atoms with van der Waals surface area (Å²) in [5, 5.41) is 3.57. The van der Waals surface area contributed by atoms with Gasteiger partial charge in [0.2, 0.25) is 5.88 Å². The van der Waals surface area contributed by atoms with Gasteiger partial charge in [0, 0.05) is 11.0 Å². The first-order valence-electron chi connectivity index (χ1n) is 6.96. The van der Waals surface area contributed by atoms with Crippen molar-refractivity contribution < 1.29 is 18.0 Å². The molecule has 7 heteroatoms. The van der Waals surface area contributed by atoms with Gasteiger partial charge in [0.25, 0.3) is 0 Å². The summed E-state index contributed by atoms with van der Waals surface area (Å²) < 4.78 is 38.5. The van der Waals surface area contributed by atoms with E-state index in [0.29, 0.717) is 5.56 Å². The van der Waals surface area contributed by atoms with E-state index in [4.69, 9.17) is 10.6 Å². The van der Waals surface area contributed by atoms with Gasteiger partial charge in [-0.25, -0.2) is 0 Å². The minimum atomic E-state index is -4.36. The average molecular weight is 340 g/mol. The Hall–Kier alpha value is -1.99. The van der Waals surface area contributed by atoms with Gasteiger partial charge in [-0.05, 0) is 35.6 Å². The Labute approximate surface area is 135 Å². The number of hydroxylamine groups is 2. The Balaban J connectivity index is 1.84. The smallest absolute Gasteiger partial charge is 0.387 e. The van der Waals surface area contributed by atoms with Crippen LogP contribution in [0, 0.1) is 6.92 Å². The lowest BCUT2D eigenvalue weighted by Gasteiger charge is -2.23. The van der Waals surface area contributed by atoms with Gasteiger partial charge in [-0.15, -0.1) is 16.4 Å². The molecule has 0 saturated carbocycles. The molecular weight excluding hydrogens is 325 g/mol. The van der Waals surface area contributed by atoms with Crippen molar-refractivity contribution in [2.24, 2.45) is 5.73 Å². The maximum atomic E-state index is 12.8. The number of hydrogen-bond acceptors (Lipinski definition) is 4. The van der Waals surface area contributed by atoms with Crippen LogP contribution in [0.3, 0.4) is 0 Å². The highest BCUT2D eigenvalue weighted by atomic mass is 32.1. The van der Waals surface area contributed by atoms with Crippen LogP contribution in [-0.4, -0.2) is 5.06 Å². The predicted molar refractivity (Wildman–Crippen MR) is 82.1 cm³/mol. The van der Waals surface area contributed by atoms with Crippen LogP contribution in [0.1, 0.15) is 27.6 Å². The first-order chi connectivity index (χ1) is 10.8. The molecule has 2 N–H and O–H groups in total. The highest BCUT2D eigenvalue weighted by Crippen LogP contribution is 2.36. The van der Waals surface area contributed by atoms with E-state index in [2.05, 4.69) is 0 Å². The zero-order valence-corrected chi connectivity index (χ0v) is 13.1. The number of thiophene rings is 1. The standard InChI is InChI=1S/C16H15F3N2OS/c1-10-5-6-23-15(10)13-8-14(20)22-21(13)9-11-3-2-4-12(7-11)16(17,18)19/h2-8,13H,9,20H2,1H3. The molecule has 1 unspecified atom stereocenters. The van der Waals surface area contributed by atoms with Gasteiger partial charge < -0.3 is 10.6 Å². The molecule has 0 bridgehead atoms. The van der Waals surface area contributed by atoms with Crippen molar-refractivity contribution in [1.82, 2.24) is 5.06 Å². The van der Waals surface area contributed by atoms with E-state index in [1.807, 2.05) is 18.4 Å². The molecule has 0 radical (unpaired) electrons. The lowest BCUT2D eigenvalue weighted by atomic mass is 10.1. The second-order valence-corrected chi connectivity index (χ2v) is 6.29. The molecule has 1 aliphatic heterocycles. The lowest BCUT2D eigenvalue weighted by molar-refractivity contribution is -0.138. The molecule has 0 saturated heterocycles. The van der Waals surface area contributed by atoms with Crippen molar-refractivity contribution in [2.45, 2.75) is 25.7 Å². The molecule has 23 heavy (non-hydrogen) atoms. The number of nitrogens with two attached hydrogens (primary N) is 1. The van der Waals surface area contributed by atoms with Gasteiger partial charge >= 0.3 is 6.18 Å². The average Bonchev–Trinajstić information content (AvgIpc) is 3.04. The summed E-state index contributed by atoms with van der Waals surface area (Å²) in [4.78, 5) is 6.55. The molecule has 0 aliphatic carbocycles. The molecule has 0 fully saturated rings. The Kier molecular flexibility index (Phi) is 4.08. The van der Waals surface area contributed by atoms with E-state index in [1.54, 1.807) is 28.5 Å². The number of halogens is 3. The summed E-state index contributed by atoms with van der Waals surface area (Å²) in [6, 6.07) is 7.04. The van der Waals surface area contributed by atoms with Crippen molar-refractivity contribution in [2.75, 3.05) is 0 Å². The van der Waals surface area contributed by atoms with Crippen molar-refractivity contribution >= 4 is 11.3 Å². The molecule has 0 amide bonds. The number of hydrogen-bond donors (Lipinski definition) is 1. The van der Waals surface area contributed by atoms with Gasteiger partial charge in [-0.1, -0.05) is 18.2 Å². The first-order valence-corrected chi connectivity index (χ1v) is 7.84. The van der Waals surface area contributed by atoms with Crippen LogP contribution in [-0.2, 0) is 17.6 Å². The Morgan fingerprint density at radius 3 is 2.74 bits per heavy atom. The topological polar surface area (TPSA) is 38.5 Å². The Bertz CT molecular complexity index is 739. The normalized spacial score (nSPS) is 18.8. The second-order valence-electron chi connectivity index (χ2n) is 5.35. The highest BCUT2D eigenvalue weighted by molar-refractivity contribution is 7.10. The summed E-state index contributed by atoms with van der Waals surface area (Å²) >= 11 is 1.57. The third-order valence-electron chi connectivity index (χ3n) is 3.62. The molecule has 1 aromatic carbocycles. The van der Waals surface area contributed by atoms with Crippen molar-refractivity contribution in [3.8, 4) is 0 Å². The fraction of sp³-hybridized carbons (Fsp3) is 0.250. The SMILES string of the molecule is Cc1ccsc1C1C=C(N)ON1Cc1cccc(C(F)(F)F)c1. The van der Waals surface area contributed by atoms with Crippen LogP contribution >= 0.6 is 11.3 Å². The van der Waals surface area contributed by atoms with E-state index < -0.39 is 11.7 Å². The maximum absolute atomic E-state index is 12.8. The number of aryl methyl sites for hydroxylation is 1. The summed E-state index contributed by atoms with van der Waals surface area (Å²) in [6.07, 6.45) is -2.59. The van der Waals surface area contributed by atoms with Crippen LogP contribution in [0.5, 0.6) is 0 Å². The van der Waals surface area contributed by atoms with E-state index in [1.165, 1.54) is 6.07 Å². The molecule has 1 atom stereocenters. The first kappa shape index (κ1) is 15.9. The molecule has 1 aliphatic rings. The van der Waals surface area contributed by atoms with Crippen molar-refractivity contribution in [3.05, 3.63) is 69.2 Å². The summed E-state index contributed by atoms with van der Waals surface area (Å²) in [5.41, 5.74) is 6.70. The van der Waals surface area contributed by atoms with Gasteiger partial charge in [-0.2, -0.15) is 13.2 Å². The van der Waals surface area contributed by atoms with Crippen LogP contribution in [0.2, 0.25) is 0 Å². The predicted octanol–water partition coefficient (Wildman–Crippen LogP) is 4.36. The third kappa shape index (κ3) is 3.35. The number of rotatable bonds is 3. The molecule has 2 aromatic rings. The van der Waals surface area contributed by atoms with Gasteiger partial charge in [0.1, 0.15) is 6.04 Å². The van der Waals surface area contributed by atoms with Crippen LogP contribution in [0.4, 0.5) is 13.2 Å². The number of alkyl halides is 3. The van der Waals surface area contributed by atoms with Crippen molar-refractivity contribution in [3.63, 3.8) is 0 Å².